The summed E-state index contributed by atoms with van der Waals surface area (Å²) in [4.78, 5) is 11.7. The number of rotatable bonds is 3. The van der Waals surface area contributed by atoms with Crippen molar-refractivity contribution in [2.24, 2.45) is 5.92 Å². The number of carbonyl (C=O) groups is 1. The number of ether oxygens (including phenoxy) is 1. The highest BCUT2D eigenvalue weighted by Gasteiger charge is 2.18. The van der Waals surface area contributed by atoms with E-state index in [0.717, 1.165) is 12.8 Å². The van der Waals surface area contributed by atoms with Crippen LogP contribution in [0.4, 0.5) is 0 Å². The van der Waals surface area contributed by atoms with E-state index in [0.29, 0.717) is 12.3 Å². The summed E-state index contributed by atoms with van der Waals surface area (Å²) in [6.07, 6.45) is 6.21. The molecule has 0 unspecified atom stereocenters. The summed E-state index contributed by atoms with van der Waals surface area (Å²) in [7, 11) is 0. The monoisotopic (exact) mass is 250 g/mol. The molecule has 1 saturated carbocycles. The van der Waals surface area contributed by atoms with Crippen molar-refractivity contribution in [1.82, 2.24) is 0 Å². The van der Waals surface area contributed by atoms with Gasteiger partial charge in [-0.15, -0.1) is 0 Å². The molecular weight excluding hydrogens is 232 g/mol. The molecule has 98 valence electrons. The highest BCUT2D eigenvalue weighted by atomic mass is 16.5. The molecule has 0 radical (unpaired) electrons. The Balaban J connectivity index is 1.89. The van der Waals surface area contributed by atoms with E-state index < -0.39 is 0 Å². The minimum Gasteiger partial charge on any atom is -0.508 e. The van der Waals surface area contributed by atoms with Crippen molar-refractivity contribution in [2.75, 3.05) is 0 Å². The molecule has 18 heavy (non-hydrogen) atoms. The smallest absolute Gasteiger partial charge is 0.311 e. The predicted molar refractivity (Wildman–Crippen MR) is 66.6 cm³/mol. The van der Waals surface area contributed by atoms with Gasteiger partial charge < -0.3 is 14.9 Å². The SMILES string of the molecule is O=C(CC1CCCCC1)Oc1cc(O)cc(O)c1. The summed E-state index contributed by atoms with van der Waals surface area (Å²) in [5.41, 5.74) is 0. The highest BCUT2D eigenvalue weighted by Crippen LogP contribution is 2.29. The van der Waals surface area contributed by atoms with Crippen molar-refractivity contribution in [3.05, 3.63) is 18.2 Å². The van der Waals surface area contributed by atoms with Crippen LogP contribution >= 0.6 is 0 Å². The molecular formula is C14H18O4. The maximum atomic E-state index is 11.7. The van der Waals surface area contributed by atoms with E-state index in [4.69, 9.17) is 4.74 Å². The fraction of sp³-hybridized carbons (Fsp3) is 0.500. The zero-order valence-electron chi connectivity index (χ0n) is 10.3. The van der Waals surface area contributed by atoms with Gasteiger partial charge >= 0.3 is 5.97 Å². The Labute approximate surface area is 106 Å². The number of phenols is 2. The predicted octanol–water partition coefficient (Wildman–Crippen LogP) is 2.97. The van der Waals surface area contributed by atoms with Gasteiger partial charge in [-0.05, 0) is 18.8 Å². The Hall–Kier alpha value is -1.71. The molecule has 1 aromatic carbocycles. The lowest BCUT2D eigenvalue weighted by Crippen LogP contribution is -2.16. The first-order valence-corrected chi connectivity index (χ1v) is 6.37. The largest absolute Gasteiger partial charge is 0.508 e. The highest BCUT2D eigenvalue weighted by molar-refractivity contribution is 5.73. The van der Waals surface area contributed by atoms with E-state index in [2.05, 4.69) is 0 Å². The molecule has 1 fully saturated rings. The molecule has 4 nitrogen and oxygen atoms in total. The molecule has 0 aromatic heterocycles. The first-order chi connectivity index (χ1) is 8.63. The summed E-state index contributed by atoms with van der Waals surface area (Å²) in [5, 5.41) is 18.6. The average molecular weight is 250 g/mol. The van der Waals surface area contributed by atoms with Gasteiger partial charge in [0, 0.05) is 24.6 Å². The normalized spacial score (nSPS) is 16.4. The van der Waals surface area contributed by atoms with Crippen LogP contribution in [0.5, 0.6) is 17.2 Å². The second-order valence-corrected chi connectivity index (χ2v) is 4.87. The summed E-state index contributed by atoms with van der Waals surface area (Å²) >= 11 is 0. The van der Waals surface area contributed by atoms with Crippen molar-refractivity contribution in [3.63, 3.8) is 0 Å². The first kappa shape index (κ1) is 12.7. The van der Waals surface area contributed by atoms with Gasteiger partial charge in [0.25, 0.3) is 0 Å². The molecule has 0 bridgehead atoms. The number of hydrogen-bond acceptors (Lipinski definition) is 4. The van der Waals surface area contributed by atoms with Crippen LogP contribution < -0.4 is 4.74 Å². The van der Waals surface area contributed by atoms with Gasteiger partial charge in [-0.2, -0.15) is 0 Å². The molecule has 1 aliphatic carbocycles. The lowest BCUT2D eigenvalue weighted by atomic mass is 9.87. The summed E-state index contributed by atoms with van der Waals surface area (Å²) < 4.78 is 5.12. The number of phenolic OH excluding ortho intramolecular Hbond substituents is 2. The number of benzene rings is 1. The molecule has 0 atom stereocenters. The molecule has 4 heteroatoms. The standard InChI is InChI=1S/C14H18O4/c15-11-7-12(16)9-13(8-11)18-14(17)6-10-4-2-1-3-5-10/h7-10,15-16H,1-6H2. The molecule has 1 aromatic rings. The van der Waals surface area contributed by atoms with Crippen LogP contribution in [0.3, 0.4) is 0 Å². The molecule has 0 aliphatic heterocycles. The average Bonchev–Trinajstić information content (AvgIpc) is 2.28. The van der Waals surface area contributed by atoms with Crippen LogP contribution in [0.25, 0.3) is 0 Å². The summed E-state index contributed by atoms with van der Waals surface area (Å²) in [5.74, 6) is 0.0725. The van der Waals surface area contributed by atoms with Crippen LogP contribution in [0.15, 0.2) is 18.2 Å². The van der Waals surface area contributed by atoms with Crippen LogP contribution in [-0.2, 0) is 4.79 Å². The maximum Gasteiger partial charge on any atom is 0.311 e. The molecule has 0 saturated heterocycles. The third-order valence-corrected chi connectivity index (χ3v) is 3.29. The van der Waals surface area contributed by atoms with Gasteiger partial charge in [0.15, 0.2) is 0 Å². The lowest BCUT2D eigenvalue weighted by Gasteiger charge is -2.20. The zero-order chi connectivity index (χ0) is 13.0. The van der Waals surface area contributed by atoms with E-state index in [1.165, 1.54) is 37.5 Å². The van der Waals surface area contributed by atoms with E-state index in [1.54, 1.807) is 0 Å². The fourth-order valence-corrected chi connectivity index (χ4v) is 2.43. The Kier molecular flexibility index (Phi) is 4.07. The van der Waals surface area contributed by atoms with E-state index in [-0.39, 0.29) is 23.2 Å². The second kappa shape index (κ2) is 5.76. The molecule has 2 N–H and O–H groups in total. The number of aromatic hydroxyl groups is 2. The Morgan fingerprint density at radius 3 is 2.33 bits per heavy atom. The third-order valence-electron chi connectivity index (χ3n) is 3.29. The Morgan fingerprint density at radius 2 is 1.72 bits per heavy atom. The fourth-order valence-electron chi connectivity index (χ4n) is 2.43. The van der Waals surface area contributed by atoms with E-state index in [9.17, 15) is 15.0 Å². The van der Waals surface area contributed by atoms with E-state index in [1.807, 2.05) is 0 Å². The van der Waals surface area contributed by atoms with Crippen molar-refractivity contribution in [1.29, 1.82) is 0 Å². The Bertz CT molecular complexity index is 402. The van der Waals surface area contributed by atoms with Crippen LogP contribution in [-0.4, -0.2) is 16.2 Å². The van der Waals surface area contributed by atoms with Crippen molar-refractivity contribution in [2.45, 2.75) is 38.5 Å². The van der Waals surface area contributed by atoms with Gasteiger partial charge in [-0.1, -0.05) is 19.3 Å². The second-order valence-electron chi connectivity index (χ2n) is 4.87. The summed E-state index contributed by atoms with van der Waals surface area (Å²) in [6.45, 7) is 0. The van der Waals surface area contributed by atoms with Crippen LogP contribution in [0.1, 0.15) is 38.5 Å². The topological polar surface area (TPSA) is 66.8 Å². The van der Waals surface area contributed by atoms with Crippen molar-refractivity contribution in [3.8, 4) is 17.2 Å². The van der Waals surface area contributed by atoms with E-state index >= 15 is 0 Å². The maximum absolute atomic E-state index is 11.7. The minimum absolute atomic E-state index is 0.115. The number of hydrogen-bond donors (Lipinski definition) is 2. The van der Waals surface area contributed by atoms with Crippen LogP contribution in [0, 0.1) is 5.92 Å². The third kappa shape index (κ3) is 3.65. The van der Waals surface area contributed by atoms with Gasteiger partial charge in [-0.3, -0.25) is 4.79 Å². The first-order valence-electron chi connectivity index (χ1n) is 6.37. The summed E-state index contributed by atoms with van der Waals surface area (Å²) in [6, 6.07) is 3.83. The minimum atomic E-state index is -0.299. The van der Waals surface area contributed by atoms with Crippen molar-refractivity contribution >= 4 is 5.97 Å². The number of carbonyl (C=O) groups excluding carboxylic acids is 1. The van der Waals surface area contributed by atoms with Crippen LogP contribution in [0.2, 0.25) is 0 Å². The van der Waals surface area contributed by atoms with Crippen molar-refractivity contribution < 1.29 is 19.7 Å². The molecule has 0 spiro atoms. The number of esters is 1. The molecule has 0 amide bonds. The lowest BCUT2D eigenvalue weighted by molar-refractivity contribution is -0.135. The Morgan fingerprint density at radius 1 is 1.11 bits per heavy atom. The molecule has 1 aliphatic rings. The van der Waals surface area contributed by atoms with Gasteiger partial charge in [0.1, 0.15) is 17.2 Å². The van der Waals surface area contributed by atoms with Gasteiger partial charge in [0.05, 0.1) is 0 Å². The zero-order valence-corrected chi connectivity index (χ0v) is 10.3. The van der Waals surface area contributed by atoms with Gasteiger partial charge in [-0.25, -0.2) is 0 Å². The van der Waals surface area contributed by atoms with Gasteiger partial charge in [0.2, 0.25) is 0 Å². The quantitative estimate of drug-likeness (QED) is 0.639. The molecule has 2 rings (SSSR count). The molecule has 0 heterocycles.